The molecule has 0 aromatic rings. The summed E-state index contributed by atoms with van der Waals surface area (Å²) in [6.45, 7) is 3.93. The van der Waals surface area contributed by atoms with Crippen LogP contribution in [0.2, 0.25) is 0 Å². The second kappa shape index (κ2) is 3.38. The Morgan fingerprint density at radius 1 is 1.38 bits per heavy atom. The third-order valence-electron chi connectivity index (χ3n) is 5.73. The van der Waals surface area contributed by atoms with Crippen LogP contribution in [-0.4, -0.2) is 41.6 Å². The van der Waals surface area contributed by atoms with Gasteiger partial charge in [0.1, 0.15) is 5.78 Å². The highest BCUT2D eigenvalue weighted by Crippen LogP contribution is 2.70. The van der Waals surface area contributed by atoms with Gasteiger partial charge in [0.15, 0.2) is 5.60 Å². The van der Waals surface area contributed by atoms with Gasteiger partial charge in [-0.15, -0.1) is 0 Å². The summed E-state index contributed by atoms with van der Waals surface area (Å²) in [5, 5.41) is 9.42. The zero-order valence-electron chi connectivity index (χ0n) is 11.8. The highest BCUT2D eigenvalue weighted by atomic mass is 16.6. The number of allylic oxidation sites excluding steroid dienone is 1. The van der Waals surface area contributed by atoms with Crippen molar-refractivity contribution < 1.29 is 29.0 Å². The number of ketones is 1. The number of esters is 1. The van der Waals surface area contributed by atoms with Crippen molar-refractivity contribution >= 4 is 17.7 Å². The molecule has 0 aromatic heterocycles. The van der Waals surface area contributed by atoms with E-state index in [0.717, 1.165) is 0 Å². The number of carbonyl (C=O) groups is 3. The monoisotopic (exact) mass is 292 g/mol. The van der Waals surface area contributed by atoms with Crippen molar-refractivity contribution in [1.29, 1.82) is 0 Å². The van der Waals surface area contributed by atoms with E-state index in [0.29, 0.717) is 6.42 Å². The summed E-state index contributed by atoms with van der Waals surface area (Å²) >= 11 is 0. The second-order valence-electron chi connectivity index (χ2n) is 7.14. The number of carboxylic acids is 1. The number of ether oxygens (including phenoxy) is 2. The van der Waals surface area contributed by atoms with E-state index in [9.17, 15) is 19.5 Å². The quantitative estimate of drug-likeness (QED) is 0.560. The zero-order valence-corrected chi connectivity index (χ0v) is 11.8. The number of carbonyl (C=O) groups excluding carboxylic acids is 2. The van der Waals surface area contributed by atoms with E-state index in [4.69, 9.17) is 9.47 Å². The average molecular weight is 292 g/mol. The van der Waals surface area contributed by atoms with Crippen molar-refractivity contribution in [2.75, 3.05) is 13.2 Å². The van der Waals surface area contributed by atoms with Gasteiger partial charge in [-0.05, 0) is 6.42 Å². The van der Waals surface area contributed by atoms with E-state index in [1.807, 2.05) is 13.8 Å². The molecule has 0 unspecified atom stereocenters. The van der Waals surface area contributed by atoms with Gasteiger partial charge >= 0.3 is 11.9 Å². The maximum absolute atomic E-state index is 12.7. The van der Waals surface area contributed by atoms with Gasteiger partial charge in [0, 0.05) is 28.2 Å². The van der Waals surface area contributed by atoms with Crippen molar-refractivity contribution in [3.05, 3.63) is 11.6 Å². The molecule has 2 aliphatic heterocycles. The summed E-state index contributed by atoms with van der Waals surface area (Å²) in [5.41, 5.74) is -2.31. The van der Waals surface area contributed by atoms with Crippen LogP contribution in [0.1, 0.15) is 20.3 Å². The number of epoxide rings is 1. The Morgan fingerprint density at radius 2 is 2.05 bits per heavy atom. The molecule has 1 N–H and O–H groups in total. The Bertz CT molecular complexity index is 626. The number of carboxylic acid groups (broad SMARTS) is 1. The fraction of sp³-hybridized carbons (Fsp3) is 0.667. The summed E-state index contributed by atoms with van der Waals surface area (Å²) in [6.07, 6.45) is 1.99. The number of rotatable bonds is 1. The lowest BCUT2D eigenvalue weighted by Gasteiger charge is -2.44. The number of hydrogen-bond donors (Lipinski definition) is 1. The smallest absolute Gasteiger partial charge is 0.341 e. The first-order valence-electron chi connectivity index (χ1n) is 7.07. The lowest BCUT2D eigenvalue weighted by atomic mass is 9.61. The van der Waals surface area contributed by atoms with Crippen LogP contribution in [0.25, 0.3) is 0 Å². The topological polar surface area (TPSA) is 93.2 Å². The Balaban J connectivity index is 1.93. The predicted octanol–water partition coefficient (Wildman–Crippen LogP) is 0.555. The summed E-state index contributed by atoms with van der Waals surface area (Å²) in [5.74, 6) is -2.54. The Labute approximate surface area is 121 Å². The van der Waals surface area contributed by atoms with Crippen LogP contribution < -0.4 is 0 Å². The second-order valence-corrected chi connectivity index (χ2v) is 7.14. The molecule has 2 heterocycles. The number of cyclic esters (lactones) is 1. The minimum Gasteiger partial charge on any atom is -0.478 e. The van der Waals surface area contributed by atoms with Crippen LogP contribution in [0, 0.1) is 22.7 Å². The molecular formula is C15H16O6. The maximum Gasteiger partial charge on any atom is 0.341 e. The fourth-order valence-corrected chi connectivity index (χ4v) is 4.78. The molecule has 2 saturated heterocycles. The van der Waals surface area contributed by atoms with E-state index >= 15 is 0 Å². The summed E-state index contributed by atoms with van der Waals surface area (Å²) in [6, 6.07) is 0. The van der Waals surface area contributed by atoms with Crippen molar-refractivity contribution in [3.63, 3.8) is 0 Å². The van der Waals surface area contributed by atoms with Gasteiger partial charge in [-0.2, -0.15) is 0 Å². The molecule has 4 rings (SSSR count). The molecular weight excluding hydrogens is 276 g/mol. The van der Waals surface area contributed by atoms with Gasteiger partial charge in [-0.1, -0.05) is 19.9 Å². The minimum atomic E-state index is -1.13. The maximum atomic E-state index is 12.7. The first-order valence-corrected chi connectivity index (χ1v) is 7.07. The van der Waals surface area contributed by atoms with Crippen LogP contribution in [0.15, 0.2) is 11.6 Å². The molecule has 2 aliphatic carbocycles. The molecule has 21 heavy (non-hydrogen) atoms. The molecule has 1 saturated carbocycles. The van der Waals surface area contributed by atoms with Crippen molar-refractivity contribution in [2.24, 2.45) is 22.7 Å². The van der Waals surface area contributed by atoms with Gasteiger partial charge in [-0.3, -0.25) is 4.79 Å². The SMILES string of the molecule is CC1(C)C[C@@]23[C@H](C=C(C(=O)O)[C@@H]2COC(=O)[C@]32CO2)C1=O. The number of aliphatic carboxylic acids is 1. The van der Waals surface area contributed by atoms with Crippen LogP contribution >= 0.6 is 0 Å². The summed E-state index contributed by atoms with van der Waals surface area (Å²) in [7, 11) is 0. The van der Waals surface area contributed by atoms with E-state index in [1.165, 1.54) is 6.08 Å². The van der Waals surface area contributed by atoms with Gasteiger partial charge < -0.3 is 14.6 Å². The molecule has 0 bridgehead atoms. The normalized spacial score (nSPS) is 45.9. The lowest BCUT2D eigenvalue weighted by Crippen LogP contribution is -2.56. The molecule has 6 heteroatoms. The highest BCUT2D eigenvalue weighted by molar-refractivity contribution is 6.00. The summed E-state index contributed by atoms with van der Waals surface area (Å²) in [4.78, 5) is 36.4. The number of hydrogen-bond acceptors (Lipinski definition) is 5. The van der Waals surface area contributed by atoms with Gasteiger partial charge in [-0.25, -0.2) is 9.59 Å². The molecule has 3 fully saturated rings. The first kappa shape index (κ1) is 13.0. The van der Waals surface area contributed by atoms with E-state index in [2.05, 4.69) is 0 Å². The molecule has 0 radical (unpaired) electrons. The highest BCUT2D eigenvalue weighted by Gasteiger charge is 2.81. The lowest BCUT2D eigenvalue weighted by molar-refractivity contribution is -0.174. The predicted molar refractivity (Wildman–Crippen MR) is 68.2 cm³/mol. The Kier molecular flexibility index (Phi) is 2.09. The van der Waals surface area contributed by atoms with Crippen molar-refractivity contribution in [1.82, 2.24) is 0 Å². The number of Topliss-reactive ketones (excluding diaryl/α,β-unsaturated/α-hetero) is 1. The fourth-order valence-electron chi connectivity index (χ4n) is 4.78. The van der Waals surface area contributed by atoms with Crippen LogP contribution in [0.5, 0.6) is 0 Å². The first-order chi connectivity index (χ1) is 9.76. The van der Waals surface area contributed by atoms with Crippen molar-refractivity contribution in [2.45, 2.75) is 25.9 Å². The van der Waals surface area contributed by atoms with E-state index in [1.54, 1.807) is 0 Å². The standard InChI is InChI=1S/C15H16O6/c1-13(2)5-14-8(10(13)16)3-7(11(17)18)9(14)4-20-12(19)15(14)6-21-15/h3,8-9H,4-6H2,1-2H3,(H,17,18)/t8-,9+,14-,15-/m1/s1. The third-order valence-corrected chi connectivity index (χ3v) is 5.73. The molecule has 4 aliphatic rings. The van der Waals surface area contributed by atoms with Crippen LogP contribution in [0.4, 0.5) is 0 Å². The largest absolute Gasteiger partial charge is 0.478 e. The molecule has 0 amide bonds. The third kappa shape index (κ3) is 1.22. The van der Waals surface area contributed by atoms with E-state index in [-0.39, 0.29) is 24.6 Å². The Morgan fingerprint density at radius 3 is 2.62 bits per heavy atom. The van der Waals surface area contributed by atoms with Crippen molar-refractivity contribution in [3.8, 4) is 0 Å². The zero-order chi connectivity index (χ0) is 15.2. The molecule has 2 spiro atoms. The van der Waals surface area contributed by atoms with Gasteiger partial charge in [0.05, 0.1) is 13.2 Å². The molecule has 6 nitrogen and oxygen atoms in total. The Hall–Kier alpha value is -1.69. The van der Waals surface area contributed by atoms with Gasteiger partial charge in [0.25, 0.3) is 0 Å². The average Bonchev–Trinajstić information content (AvgIpc) is 3.08. The van der Waals surface area contributed by atoms with Crippen LogP contribution in [0.3, 0.4) is 0 Å². The molecule has 112 valence electrons. The minimum absolute atomic E-state index is 0.00618. The van der Waals surface area contributed by atoms with Gasteiger partial charge in [0.2, 0.25) is 0 Å². The van der Waals surface area contributed by atoms with E-state index < -0.39 is 40.2 Å². The molecule has 0 aromatic carbocycles. The summed E-state index contributed by atoms with van der Waals surface area (Å²) < 4.78 is 10.7. The molecule has 4 atom stereocenters. The van der Waals surface area contributed by atoms with Crippen LogP contribution in [-0.2, 0) is 23.9 Å².